The summed E-state index contributed by atoms with van der Waals surface area (Å²) in [6.07, 6.45) is 4.92. The van der Waals surface area contributed by atoms with Crippen molar-refractivity contribution in [1.82, 2.24) is 19.9 Å². The fraction of sp³-hybridized carbons (Fsp3) is 0.361. The number of methoxy groups -OCH3 is 1. The topological polar surface area (TPSA) is 89.8 Å². The summed E-state index contributed by atoms with van der Waals surface area (Å²) < 4.78 is 50.3. The van der Waals surface area contributed by atoms with E-state index in [0.717, 1.165) is 49.7 Å². The van der Waals surface area contributed by atoms with E-state index in [1.54, 1.807) is 18.2 Å². The number of nitrogens with zero attached hydrogens (tertiary/aromatic N) is 4. The summed E-state index contributed by atoms with van der Waals surface area (Å²) in [5, 5.41) is 10.9. The second kappa shape index (κ2) is 12.8. The van der Waals surface area contributed by atoms with Gasteiger partial charge in [-0.3, -0.25) is 4.90 Å². The van der Waals surface area contributed by atoms with Gasteiger partial charge in [0.05, 0.1) is 12.6 Å². The maximum Gasteiger partial charge on any atom is 0.320 e. The van der Waals surface area contributed by atoms with Gasteiger partial charge in [-0.05, 0) is 79.6 Å². The molecule has 0 unspecified atom stereocenters. The lowest BCUT2D eigenvalue weighted by atomic mass is 9.94. The molecule has 2 fully saturated rings. The monoisotopic (exact) mass is 626 g/mol. The second-order valence-electron chi connectivity index (χ2n) is 12.1. The van der Waals surface area contributed by atoms with E-state index in [1.165, 1.54) is 13.2 Å². The van der Waals surface area contributed by atoms with Gasteiger partial charge < -0.3 is 19.3 Å². The Balaban J connectivity index is 1.38. The van der Waals surface area contributed by atoms with Crippen LogP contribution in [0.1, 0.15) is 43.2 Å². The Morgan fingerprint density at radius 1 is 0.870 bits per heavy atom. The number of aliphatic hydroxyl groups is 1. The molecule has 1 N–H and O–H groups in total. The average Bonchev–Trinajstić information content (AvgIpc) is 3.67. The van der Waals surface area contributed by atoms with Gasteiger partial charge in [0, 0.05) is 12.2 Å². The van der Waals surface area contributed by atoms with Gasteiger partial charge in [0.2, 0.25) is 11.8 Å². The number of pyridine rings is 1. The van der Waals surface area contributed by atoms with Gasteiger partial charge >= 0.3 is 6.01 Å². The highest BCUT2D eigenvalue weighted by molar-refractivity contribution is 6.01. The Labute approximate surface area is 266 Å². The van der Waals surface area contributed by atoms with Crippen LogP contribution < -0.4 is 14.2 Å². The summed E-state index contributed by atoms with van der Waals surface area (Å²) in [5.41, 5.74) is 1.51. The normalized spacial score (nSPS) is 15.8. The molecule has 0 aliphatic carbocycles. The van der Waals surface area contributed by atoms with Gasteiger partial charge in [-0.1, -0.05) is 54.6 Å². The number of aromatic nitrogens is 3. The Bertz CT molecular complexity index is 1880. The van der Waals surface area contributed by atoms with E-state index < -0.39 is 11.6 Å². The molecule has 238 valence electrons. The number of rotatable bonds is 11. The maximum absolute atomic E-state index is 16.9. The van der Waals surface area contributed by atoms with Gasteiger partial charge in [0.15, 0.2) is 5.82 Å². The SMILES string of the molecule is COc1nc(-c2cccc3ccc(F)c(CCCO)c23)c(F)c2nc(OCC34CCCN3CCC4)nc(OCc3ccccc3)c12. The molecule has 0 saturated carbocycles. The van der Waals surface area contributed by atoms with Crippen LogP contribution in [0.4, 0.5) is 8.78 Å². The number of halogens is 2. The van der Waals surface area contributed by atoms with Crippen molar-refractivity contribution in [1.29, 1.82) is 0 Å². The molecule has 0 spiro atoms. The molecule has 2 aliphatic heterocycles. The second-order valence-corrected chi connectivity index (χ2v) is 12.1. The van der Waals surface area contributed by atoms with Crippen LogP contribution in [0.2, 0.25) is 0 Å². The van der Waals surface area contributed by atoms with Crippen molar-refractivity contribution >= 4 is 21.7 Å². The lowest BCUT2D eigenvalue weighted by Crippen LogP contribution is -2.43. The smallest absolute Gasteiger partial charge is 0.320 e. The standard InChI is InChI=1S/C36H36F2N4O4/c1-44-33-29-32(30(38)31(39-33)26-12-5-11-24-14-15-27(37)25(28(24)26)13-6-20-43)40-35(41-34(29)45-21-23-9-3-2-4-10-23)46-22-36-16-7-18-42(36)19-8-17-36/h2-5,9-12,14-15,43H,6-8,13,16-22H2,1H3. The zero-order valence-electron chi connectivity index (χ0n) is 25.8. The first-order valence-electron chi connectivity index (χ1n) is 15.8. The van der Waals surface area contributed by atoms with Crippen LogP contribution in [0.15, 0.2) is 60.7 Å². The third kappa shape index (κ3) is 5.49. The predicted octanol–water partition coefficient (Wildman–Crippen LogP) is 6.64. The lowest BCUT2D eigenvalue weighted by molar-refractivity contribution is 0.107. The minimum Gasteiger partial charge on any atom is -0.480 e. The fourth-order valence-electron chi connectivity index (χ4n) is 7.10. The van der Waals surface area contributed by atoms with Crippen molar-refractivity contribution in [2.45, 2.75) is 50.7 Å². The number of fused-ring (bicyclic) bond motifs is 3. The van der Waals surface area contributed by atoms with Crippen molar-refractivity contribution in [3.63, 3.8) is 0 Å². The number of ether oxygens (including phenoxy) is 3. The molecule has 0 radical (unpaired) electrons. The first kappa shape index (κ1) is 30.3. The summed E-state index contributed by atoms with van der Waals surface area (Å²) in [6, 6.07) is 18.0. The molecule has 10 heteroatoms. The van der Waals surface area contributed by atoms with Gasteiger partial charge in [-0.25, -0.2) is 13.8 Å². The van der Waals surface area contributed by atoms with Crippen LogP contribution in [0.5, 0.6) is 17.8 Å². The number of aryl methyl sites for hydroxylation is 1. The third-order valence-electron chi connectivity index (χ3n) is 9.33. The molecular formula is C36H36F2N4O4. The van der Waals surface area contributed by atoms with Crippen molar-refractivity contribution in [3.05, 3.63) is 83.4 Å². The summed E-state index contributed by atoms with van der Waals surface area (Å²) in [7, 11) is 1.44. The van der Waals surface area contributed by atoms with E-state index in [-0.39, 0.29) is 59.5 Å². The van der Waals surface area contributed by atoms with Crippen LogP contribution in [0, 0.1) is 11.6 Å². The highest BCUT2D eigenvalue weighted by Crippen LogP contribution is 2.42. The Morgan fingerprint density at radius 3 is 2.43 bits per heavy atom. The molecule has 2 aromatic heterocycles. The molecule has 0 atom stereocenters. The average molecular weight is 627 g/mol. The van der Waals surface area contributed by atoms with E-state index in [2.05, 4.69) is 19.9 Å². The lowest BCUT2D eigenvalue weighted by Gasteiger charge is -2.31. The number of benzene rings is 3. The molecule has 3 aromatic carbocycles. The van der Waals surface area contributed by atoms with Crippen LogP contribution in [-0.4, -0.2) is 63.9 Å². The third-order valence-corrected chi connectivity index (χ3v) is 9.33. The summed E-state index contributed by atoms with van der Waals surface area (Å²) >= 11 is 0. The molecule has 4 heterocycles. The van der Waals surface area contributed by atoms with E-state index in [0.29, 0.717) is 29.5 Å². The fourth-order valence-corrected chi connectivity index (χ4v) is 7.10. The van der Waals surface area contributed by atoms with Gasteiger partial charge in [0.25, 0.3) is 0 Å². The van der Waals surface area contributed by atoms with Crippen LogP contribution >= 0.6 is 0 Å². The minimum atomic E-state index is -0.723. The Hall–Kier alpha value is -4.41. The highest BCUT2D eigenvalue weighted by atomic mass is 19.1. The summed E-state index contributed by atoms with van der Waals surface area (Å²) in [5.74, 6) is -0.983. The van der Waals surface area contributed by atoms with Crippen molar-refractivity contribution < 1.29 is 28.1 Å². The highest BCUT2D eigenvalue weighted by Gasteiger charge is 2.45. The molecule has 2 saturated heterocycles. The zero-order valence-corrected chi connectivity index (χ0v) is 25.8. The van der Waals surface area contributed by atoms with Crippen molar-refractivity contribution in [3.8, 4) is 29.0 Å². The molecule has 0 bridgehead atoms. The van der Waals surface area contributed by atoms with E-state index in [1.807, 2.05) is 36.4 Å². The first-order valence-corrected chi connectivity index (χ1v) is 15.8. The van der Waals surface area contributed by atoms with Crippen molar-refractivity contribution in [2.75, 3.05) is 33.4 Å². The molecule has 5 aromatic rings. The number of hydrogen-bond donors (Lipinski definition) is 1. The quantitative estimate of drug-likeness (QED) is 0.175. The first-order chi connectivity index (χ1) is 22.5. The van der Waals surface area contributed by atoms with Gasteiger partial charge in [-0.15, -0.1) is 0 Å². The minimum absolute atomic E-state index is 0.00869. The van der Waals surface area contributed by atoms with E-state index in [9.17, 15) is 5.11 Å². The van der Waals surface area contributed by atoms with E-state index in [4.69, 9.17) is 14.2 Å². The van der Waals surface area contributed by atoms with Crippen LogP contribution in [0.25, 0.3) is 32.9 Å². The Kier molecular flexibility index (Phi) is 8.40. The molecule has 0 amide bonds. The zero-order chi connectivity index (χ0) is 31.7. The number of aliphatic hydroxyl groups excluding tert-OH is 1. The predicted molar refractivity (Wildman–Crippen MR) is 171 cm³/mol. The van der Waals surface area contributed by atoms with Gasteiger partial charge in [0.1, 0.15) is 35.6 Å². The Morgan fingerprint density at radius 2 is 1.67 bits per heavy atom. The molecule has 2 aliphatic rings. The molecule has 7 rings (SSSR count). The van der Waals surface area contributed by atoms with E-state index >= 15 is 8.78 Å². The summed E-state index contributed by atoms with van der Waals surface area (Å²) in [6.45, 7) is 2.55. The summed E-state index contributed by atoms with van der Waals surface area (Å²) in [4.78, 5) is 16.3. The largest absolute Gasteiger partial charge is 0.480 e. The van der Waals surface area contributed by atoms with Crippen LogP contribution in [-0.2, 0) is 13.0 Å². The molecular weight excluding hydrogens is 590 g/mol. The number of hydrogen-bond acceptors (Lipinski definition) is 8. The molecule has 46 heavy (non-hydrogen) atoms. The maximum atomic E-state index is 16.9. The van der Waals surface area contributed by atoms with Crippen molar-refractivity contribution in [2.24, 2.45) is 0 Å². The van der Waals surface area contributed by atoms with Gasteiger partial charge in [-0.2, -0.15) is 9.97 Å². The molecule has 8 nitrogen and oxygen atoms in total. The van der Waals surface area contributed by atoms with Crippen LogP contribution in [0.3, 0.4) is 0 Å².